The monoisotopic (exact) mass is 558 g/mol. The van der Waals surface area contributed by atoms with E-state index in [0.29, 0.717) is 22.7 Å². The summed E-state index contributed by atoms with van der Waals surface area (Å²) in [6, 6.07) is 6.18. The number of aromatic nitrogens is 2. The summed E-state index contributed by atoms with van der Waals surface area (Å²) in [5.74, 6) is 2.43. The number of rotatable bonds is 7. The normalized spacial score (nSPS) is 18.1. The average Bonchev–Trinajstić information content (AvgIpc) is 2.81. The highest BCUT2D eigenvalue weighted by molar-refractivity contribution is 14.1. The summed E-state index contributed by atoms with van der Waals surface area (Å²) < 4.78 is 13.4. The van der Waals surface area contributed by atoms with Gasteiger partial charge in [-0.05, 0) is 30.9 Å². The second-order valence-electron chi connectivity index (χ2n) is 7.73. The second kappa shape index (κ2) is 10.8. The number of ether oxygens (including phenoxy) is 2. The minimum atomic E-state index is 0.475. The van der Waals surface area contributed by atoms with Gasteiger partial charge in [0.25, 0.3) is 0 Å². The fourth-order valence-electron chi connectivity index (χ4n) is 3.78. The molecule has 168 valence electrons. The molecule has 10 heteroatoms. The van der Waals surface area contributed by atoms with E-state index in [1.165, 1.54) is 0 Å². The van der Waals surface area contributed by atoms with Crippen LogP contribution in [0.3, 0.4) is 0 Å². The zero-order valence-corrected chi connectivity index (χ0v) is 20.5. The van der Waals surface area contributed by atoms with Crippen molar-refractivity contribution in [2.75, 3.05) is 68.6 Å². The van der Waals surface area contributed by atoms with E-state index in [4.69, 9.17) is 21.1 Å². The molecule has 8 nitrogen and oxygen atoms in total. The standard InChI is InChI=1S/C21H28ClIN6O2/c1-30-19-12-16(28-6-8-29(23)9-7-28)2-3-18(19)26-21-25-14-17(22)20(27-21)24-13-15-4-10-31-11-5-15/h2-3,12,14-15H,4-11,13H2,1H3,(H2,24,25,26,27). The molecule has 0 saturated carbocycles. The zero-order chi connectivity index (χ0) is 21.6. The van der Waals surface area contributed by atoms with Crippen LogP contribution in [0.5, 0.6) is 5.75 Å². The third kappa shape index (κ3) is 6.03. The molecule has 2 fully saturated rings. The van der Waals surface area contributed by atoms with Crippen molar-refractivity contribution < 1.29 is 9.47 Å². The minimum Gasteiger partial charge on any atom is -0.494 e. The van der Waals surface area contributed by atoms with Crippen molar-refractivity contribution in [2.24, 2.45) is 5.92 Å². The average molecular weight is 559 g/mol. The molecule has 2 aliphatic heterocycles. The van der Waals surface area contributed by atoms with Gasteiger partial charge in [0, 0.05) is 80.6 Å². The van der Waals surface area contributed by atoms with E-state index in [0.717, 1.165) is 75.9 Å². The first kappa shape index (κ1) is 22.6. The predicted molar refractivity (Wildman–Crippen MR) is 133 cm³/mol. The van der Waals surface area contributed by atoms with Gasteiger partial charge in [-0.1, -0.05) is 11.6 Å². The van der Waals surface area contributed by atoms with Gasteiger partial charge < -0.3 is 25.0 Å². The maximum atomic E-state index is 6.32. The van der Waals surface area contributed by atoms with Gasteiger partial charge in [0.2, 0.25) is 5.95 Å². The first-order chi connectivity index (χ1) is 15.1. The first-order valence-corrected chi connectivity index (χ1v) is 11.9. The van der Waals surface area contributed by atoms with Crippen molar-refractivity contribution in [3.63, 3.8) is 0 Å². The Balaban J connectivity index is 1.44. The lowest BCUT2D eigenvalue weighted by atomic mass is 10.0. The first-order valence-electron chi connectivity index (χ1n) is 10.6. The van der Waals surface area contributed by atoms with Gasteiger partial charge in [-0.15, -0.1) is 0 Å². The highest BCUT2D eigenvalue weighted by atomic mass is 127. The summed E-state index contributed by atoms with van der Waals surface area (Å²) in [4.78, 5) is 11.3. The Bertz CT molecular complexity index is 875. The lowest BCUT2D eigenvalue weighted by Crippen LogP contribution is -2.42. The summed E-state index contributed by atoms with van der Waals surface area (Å²) >= 11 is 8.70. The van der Waals surface area contributed by atoms with Crippen LogP contribution in [0.15, 0.2) is 24.4 Å². The predicted octanol–water partition coefficient (Wildman–Crippen LogP) is 4.19. The number of hydrogen-bond acceptors (Lipinski definition) is 8. The number of benzene rings is 1. The molecule has 31 heavy (non-hydrogen) atoms. The molecule has 0 spiro atoms. The SMILES string of the molecule is COc1cc(N2CCN(I)CC2)ccc1Nc1ncc(Cl)c(NCC2CCOCC2)n1. The van der Waals surface area contributed by atoms with Gasteiger partial charge in [-0.2, -0.15) is 4.98 Å². The van der Waals surface area contributed by atoms with Gasteiger partial charge in [-0.3, -0.25) is 0 Å². The third-order valence-corrected chi connectivity index (χ3v) is 6.91. The Morgan fingerprint density at radius 2 is 2.00 bits per heavy atom. The van der Waals surface area contributed by atoms with Crippen molar-refractivity contribution >= 4 is 57.6 Å². The number of methoxy groups -OCH3 is 1. The van der Waals surface area contributed by atoms with Crippen LogP contribution in [0.25, 0.3) is 0 Å². The Morgan fingerprint density at radius 1 is 1.23 bits per heavy atom. The Morgan fingerprint density at radius 3 is 2.74 bits per heavy atom. The second-order valence-corrected chi connectivity index (χ2v) is 9.51. The number of piperazine rings is 1. The molecule has 2 aliphatic rings. The molecule has 0 atom stereocenters. The fourth-order valence-corrected chi connectivity index (χ4v) is 4.37. The highest BCUT2D eigenvalue weighted by Crippen LogP contribution is 2.32. The van der Waals surface area contributed by atoms with Crippen LogP contribution in [0.4, 0.5) is 23.1 Å². The van der Waals surface area contributed by atoms with Gasteiger partial charge in [-0.25, -0.2) is 8.10 Å². The van der Waals surface area contributed by atoms with Crippen molar-refractivity contribution in [3.05, 3.63) is 29.4 Å². The van der Waals surface area contributed by atoms with Gasteiger partial charge >= 0.3 is 0 Å². The molecular formula is C21H28ClIN6O2. The molecule has 0 bridgehead atoms. The van der Waals surface area contributed by atoms with E-state index < -0.39 is 0 Å². The summed E-state index contributed by atoms with van der Waals surface area (Å²) in [6.07, 6.45) is 3.72. The molecule has 2 aromatic rings. The summed E-state index contributed by atoms with van der Waals surface area (Å²) in [5.41, 5.74) is 1.97. The van der Waals surface area contributed by atoms with Crippen LogP contribution in [-0.2, 0) is 4.74 Å². The summed E-state index contributed by atoms with van der Waals surface area (Å²) in [7, 11) is 1.68. The van der Waals surface area contributed by atoms with Crippen molar-refractivity contribution in [1.29, 1.82) is 0 Å². The van der Waals surface area contributed by atoms with Crippen LogP contribution in [0.1, 0.15) is 12.8 Å². The lowest BCUT2D eigenvalue weighted by Gasteiger charge is -2.33. The molecule has 0 amide bonds. The van der Waals surface area contributed by atoms with Crippen LogP contribution in [0.2, 0.25) is 5.02 Å². The van der Waals surface area contributed by atoms with Crippen LogP contribution in [0, 0.1) is 5.92 Å². The molecule has 1 aromatic heterocycles. The molecule has 0 aliphatic carbocycles. The van der Waals surface area contributed by atoms with Gasteiger partial charge in [0.1, 0.15) is 10.8 Å². The van der Waals surface area contributed by atoms with Crippen molar-refractivity contribution in [1.82, 2.24) is 13.1 Å². The Hall–Kier alpha value is -1.56. The topological polar surface area (TPSA) is 74.8 Å². The maximum Gasteiger partial charge on any atom is 0.229 e. The number of nitrogens with zero attached hydrogens (tertiary/aromatic N) is 4. The largest absolute Gasteiger partial charge is 0.494 e. The van der Waals surface area contributed by atoms with E-state index in [2.05, 4.69) is 63.6 Å². The quantitative estimate of drug-likeness (QED) is 0.387. The molecule has 1 aromatic carbocycles. The number of hydrogen-bond donors (Lipinski definition) is 2. The molecule has 3 heterocycles. The third-order valence-electron chi connectivity index (χ3n) is 5.66. The van der Waals surface area contributed by atoms with Gasteiger partial charge in [0.05, 0.1) is 19.0 Å². The lowest BCUT2D eigenvalue weighted by molar-refractivity contribution is 0.0699. The van der Waals surface area contributed by atoms with E-state index in [1.54, 1.807) is 13.3 Å². The minimum absolute atomic E-state index is 0.475. The number of anilines is 4. The number of halogens is 2. The molecule has 4 rings (SSSR count). The fraction of sp³-hybridized carbons (Fsp3) is 0.524. The molecule has 0 unspecified atom stereocenters. The van der Waals surface area contributed by atoms with Crippen LogP contribution in [-0.4, -0.2) is 66.1 Å². The van der Waals surface area contributed by atoms with Crippen LogP contribution < -0.4 is 20.3 Å². The summed E-state index contributed by atoms with van der Waals surface area (Å²) in [6.45, 7) is 6.56. The number of nitrogens with one attached hydrogen (secondary N) is 2. The van der Waals surface area contributed by atoms with Crippen LogP contribution >= 0.6 is 34.5 Å². The summed E-state index contributed by atoms with van der Waals surface area (Å²) in [5, 5.41) is 7.15. The van der Waals surface area contributed by atoms with Gasteiger partial charge in [0.15, 0.2) is 5.82 Å². The van der Waals surface area contributed by atoms with Crippen molar-refractivity contribution in [3.8, 4) is 5.75 Å². The van der Waals surface area contributed by atoms with E-state index in [-0.39, 0.29) is 0 Å². The molecule has 2 N–H and O–H groups in total. The van der Waals surface area contributed by atoms with E-state index in [1.807, 2.05) is 6.07 Å². The maximum absolute atomic E-state index is 6.32. The van der Waals surface area contributed by atoms with E-state index >= 15 is 0 Å². The molecule has 0 radical (unpaired) electrons. The molecular weight excluding hydrogens is 531 g/mol. The zero-order valence-electron chi connectivity index (χ0n) is 17.6. The molecule has 2 saturated heterocycles. The van der Waals surface area contributed by atoms with E-state index in [9.17, 15) is 0 Å². The smallest absolute Gasteiger partial charge is 0.229 e. The Kier molecular flexibility index (Phi) is 7.91. The Labute approximate surface area is 202 Å². The highest BCUT2D eigenvalue weighted by Gasteiger charge is 2.18. The van der Waals surface area contributed by atoms with Crippen molar-refractivity contribution in [2.45, 2.75) is 12.8 Å².